The van der Waals surface area contributed by atoms with Gasteiger partial charge in [0.05, 0.1) is 11.6 Å². The van der Waals surface area contributed by atoms with Crippen LogP contribution in [0.4, 0.5) is 9.18 Å². The molecule has 0 unspecified atom stereocenters. The number of hydrogen-bond donors (Lipinski definition) is 1. The Morgan fingerprint density at radius 2 is 2.05 bits per heavy atom. The summed E-state index contributed by atoms with van der Waals surface area (Å²) in [7, 11) is 0. The van der Waals surface area contributed by atoms with Crippen LogP contribution in [0.15, 0.2) is 30.3 Å². The van der Waals surface area contributed by atoms with Gasteiger partial charge in [-0.25, -0.2) is 9.18 Å². The minimum absolute atomic E-state index is 0.258. The summed E-state index contributed by atoms with van der Waals surface area (Å²) in [6.07, 6.45) is 0.869. The van der Waals surface area contributed by atoms with Crippen molar-refractivity contribution in [2.45, 2.75) is 31.0 Å². The smallest absolute Gasteiger partial charge is 0.407 e. The van der Waals surface area contributed by atoms with E-state index >= 15 is 0 Å². The minimum Gasteiger partial charge on any atom is -0.465 e. The Bertz CT molecular complexity index is 490. The van der Waals surface area contributed by atoms with E-state index in [0.717, 1.165) is 18.4 Å². The van der Waals surface area contributed by atoms with E-state index in [9.17, 15) is 14.3 Å². The Kier molecular flexibility index (Phi) is 3.38. The first-order valence-corrected chi connectivity index (χ1v) is 6.99. The van der Waals surface area contributed by atoms with Crippen molar-refractivity contribution in [2.75, 3.05) is 19.8 Å². The van der Waals surface area contributed by atoms with E-state index in [1.165, 1.54) is 4.90 Å². The van der Waals surface area contributed by atoms with Gasteiger partial charge in [0.2, 0.25) is 0 Å². The molecule has 20 heavy (non-hydrogen) atoms. The molecule has 3 rings (SSSR count). The van der Waals surface area contributed by atoms with Gasteiger partial charge in [0.15, 0.2) is 0 Å². The maximum absolute atomic E-state index is 13.3. The molecular formula is C15H19FN2O2. The Morgan fingerprint density at radius 3 is 2.60 bits per heavy atom. The third-order valence-electron chi connectivity index (χ3n) is 4.44. The lowest BCUT2D eigenvalue weighted by Crippen LogP contribution is -2.61. The molecule has 1 spiro atoms. The van der Waals surface area contributed by atoms with Gasteiger partial charge in [0.1, 0.15) is 6.67 Å². The third-order valence-corrected chi connectivity index (χ3v) is 4.44. The molecule has 0 radical (unpaired) electrons. The van der Waals surface area contributed by atoms with E-state index in [1.807, 2.05) is 30.3 Å². The number of carboxylic acid groups (broad SMARTS) is 1. The fourth-order valence-corrected chi connectivity index (χ4v) is 3.11. The zero-order valence-corrected chi connectivity index (χ0v) is 11.3. The second-order valence-corrected chi connectivity index (χ2v) is 5.82. The van der Waals surface area contributed by atoms with Crippen LogP contribution in [0, 0.1) is 0 Å². The number of hydrogen-bond acceptors (Lipinski definition) is 2. The number of piperazine rings is 1. The number of rotatable bonds is 3. The van der Waals surface area contributed by atoms with E-state index in [-0.39, 0.29) is 18.1 Å². The Labute approximate surface area is 117 Å². The fraction of sp³-hybridized carbons (Fsp3) is 0.533. The van der Waals surface area contributed by atoms with Crippen LogP contribution in [-0.2, 0) is 6.54 Å². The van der Waals surface area contributed by atoms with E-state index in [4.69, 9.17) is 0 Å². The fourth-order valence-electron chi connectivity index (χ4n) is 3.11. The van der Waals surface area contributed by atoms with E-state index in [2.05, 4.69) is 4.90 Å². The van der Waals surface area contributed by atoms with Crippen LogP contribution in [0.2, 0.25) is 0 Å². The molecule has 1 aliphatic carbocycles. The van der Waals surface area contributed by atoms with E-state index < -0.39 is 12.8 Å². The van der Waals surface area contributed by atoms with E-state index in [1.54, 1.807) is 0 Å². The predicted octanol–water partition coefficient (Wildman–Crippen LogP) is 2.35. The summed E-state index contributed by atoms with van der Waals surface area (Å²) in [5.74, 6) is 0. The molecule has 108 valence electrons. The molecule has 1 aromatic carbocycles. The number of benzene rings is 1. The van der Waals surface area contributed by atoms with Crippen LogP contribution >= 0.6 is 0 Å². The number of amides is 1. The van der Waals surface area contributed by atoms with Gasteiger partial charge in [-0.1, -0.05) is 30.3 Å². The van der Waals surface area contributed by atoms with Crippen LogP contribution in [0.3, 0.4) is 0 Å². The first kappa shape index (κ1) is 13.4. The van der Waals surface area contributed by atoms with Crippen molar-refractivity contribution in [3.63, 3.8) is 0 Å². The molecule has 1 saturated heterocycles. The number of nitrogens with zero attached hydrogens (tertiary/aromatic N) is 2. The Balaban J connectivity index is 1.76. The quantitative estimate of drug-likeness (QED) is 0.923. The molecule has 0 bridgehead atoms. The predicted molar refractivity (Wildman–Crippen MR) is 73.3 cm³/mol. The van der Waals surface area contributed by atoms with Gasteiger partial charge < -0.3 is 5.11 Å². The van der Waals surface area contributed by atoms with Gasteiger partial charge in [-0.15, -0.1) is 0 Å². The summed E-state index contributed by atoms with van der Waals surface area (Å²) in [6.45, 7) is 1.10. The van der Waals surface area contributed by atoms with Crippen LogP contribution in [0.1, 0.15) is 18.4 Å². The maximum Gasteiger partial charge on any atom is 0.407 e. The largest absolute Gasteiger partial charge is 0.465 e. The second kappa shape index (κ2) is 5.05. The van der Waals surface area contributed by atoms with Crippen LogP contribution in [0.5, 0.6) is 0 Å². The van der Waals surface area contributed by atoms with Crippen molar-refractivity contribution in [3.05, 3.63) is 35.9 Å². The highest BCUT2D eigenvalue weighted by molar-refractivity contribution is 5.67. The third kappa shape index (κ3) is 2.38. The summed E-state index contributed by atoms with van der Waals surface area (Å²) >= 11 is 0. The van der Waals surface area contributed by atoms with Crippen LogP contribution < -0.4 is 0 Å². The molecule has 1 N–H and O–H groups in total. The van der Waals surface area contributed by atoms with Crippen molar-refractivity contribution in [3.8, 4) is 0 Å². The number of halogens is 1. The summed E-state index contributed by atoms with van der Waals surface area (Å²) in [6, 6.07) is 9.62. The standard InChI is InChI=1S/C15H19FN2O2/c16-8-13-10-18(14(19)20)15(6-7-15)11-17(13)9-12-4-2-1-3-5-12/h1-5,13H,6-11H2,(H,19,20)/t13-/m0/s1. The molecule has 1 amide bonds. The lowest BCUT2D eigenvalue weighted by atomic mass is 10.0. The molecule has 1 atom stereocenters. The highest BCUT2D eigenvalue weighted by Gasteiger charge is 2.55. The monoisotopic (exact) mass is 278 g/mol. The molecule has 4 nitrogen and oxygen atoms in total. The van der Waals surface area contributed by atoms with Gasteiger partial charge in [0.25, 0.3) is 0 Å². The Morgan fingerprint density at radius 1 is 1.35 bits per heavy atom. The molecule has 1 aliphatic heterocycles. The van der Waals surface area contributed by atoms with Crippen LogP contribution in [0.25, 0.3) is 0 Å². The lowest BCUT2D eigenvalue weighted by Gasteiger charge is -2.45. The first-order valence-electron chi connectivity index (χ1n) is 6.99. The minimum atomic E-state index is -0.916. The SMILES string of the molecule is O=C(O)N1C[C@H](CF)N(Cc2ccccc2)CC12CC2. The molecule has 1 aromatic rings. The normalized spacial score (nSPS) is 24.9. The van der Waals surface area contributed by atoms with Crippen LogP contribution in [-0.4, -0.2) is 52.3 Å². The molecule has 1 saturated carbocycles. The van der Waals surface area contributed by atoms with E-state index in [0.29, 0.717) is 13.1 Å². The van der Waals surface area contributed by atoms with Crippen molar-refractivity contribution in [2.24, 2.45) is 0 Å². The van der Waals surface area contributed by atoms with Gasteiger partial charge in [0, 0.05) is 19.6 Å². The highest BCUT2D eigenvalue weighted by Crippen LogP contribution is 2.45. The van der Waals surface area contributed by atoms with Gasteiger partial charge in [-0.2, -0.15) is 0 Å². The van der Waals surface area contributed by atoms with Gasteiger partial charge in [-0.05, 0) is 18.4 Å². The maximum atomic E-state index is 13.3. The number of carbonyl (C=O) groups is 1. The topological polar surface area (TPSA) is 43.8 Å². The van der Waals surface area contributed by atoms with Gasteiger partial charge >= 0.3 is 6.09 Å². The lowest BCUT2D eigenvalue weighted by molar-refractivity contribution is 0.00839. The summed E-state index contributed by atoms with van der Waals surface area (Å²) < 4.78 is 13.3. The molecule has 2 fully saturated rings. The van der Waals surface area contributed by atoms with Crippen molar-refractivity contribution in [1.82, 2.24) is 9.80 Å². The van der Waals surface area contributed by atoms with Crippen molar-refractivity contribution >= 4 is 6.09 Å². The summed E-state index contributed by atoms with van der Waals surface area (Å²) in [5, 5.41) is 9.29. The Hall–Kier alpha value is -1.62. The number of alkyl halides is 1. The van der Waals surface area contributed by atoms with Crippen molar-refractivity contribution in [1.29, 1.82) is 0 Å². The zero-order valence-electron chi connectivity index (χ0n) is 11.3. The molecule has 5 heteroatoms. The zero-order chi connectivity index (χ0) is 14.2. The average Bonchev–Trinajstić information content (AvgIpc) is 3.20. The highest BCUT2D eigenvalue weighted by atomic mass is 19.1. The van der Waals surface area contributed by atoms with Gasteiger partial charge in [-0.3, -0.25) is 9.80 Å². The summed E-state index contributed by atoms with van der Waals surface area (Å²) in [4.78, 5) is 14.9. The average molecular weight is 278 g/mol. The molecular weight excluding hydrogens is 259 g/mol. The molecule has 0 aromatic heterocycles. The van der Waals surface area contributed by atoms with Crippen molar-refractivity contribution < 1.29 is 14.3 Å². The second-order valence-electron chi connectivity index (χ2n) is 5.82. The first-order chi connectivity index (χ1) is 9.64. The summed E-state index contributed by atoms with van der Waals surface area (Å²) in [5.41, 5.74) is 0.886. The molecule has 1 heterocycles. The molecule has 2 aliphatic rings.